The molecule has 2 aromatic heterocycles. The number of hydrogen-bond donors (Lipinski definition) is 3. The van der Waals surface area contributed by atoms with Gasteiger partial charge in [0.05, 0.1) is 33.3 Å². The van der Waals surface area contributed by atoms with Gasteiger partial charge >= 0.3 is 6.03 Å². The van der Waals surface area contributed by atoms with Gasteiger partial charge in [0.1, 0.15) is 0 Å². The molecule has 178 valence electrons. The molecule has 2 heterocycles. The molecule has 36 heavy (non-hydrogen) atoms. The molecule has 0 spiro atoms. The minimum atomic E-state index is -0.458. The average molecular weight is 516 g/mol. The molecule has 0 aliphatic carbocycles. The lowest BCUT2D eigenvalue weighted by Crippen LogP contribution is -2.19. The minimum absolute atomic E-state index is 0.217. The van der Waals surface area contributed by atoms with Gasteiger partial charge in [0, 0.05) is 23.0 Å². The van der Waals surface area contributed by atoms with E-state index in [9.17, 15) is 9.59 Å². The third kappa shape index (κ3) is 4.88. The zero-order valence-corrected chi connectivity index (χ0v) is 20.2. The zero-order valence-electron chi connectivity index (χ0n) is 18.7. The van der Waals surface area contributed by atoms with E-state index in [4.69, 9.17) is 23.2 Å². The molecule has 7 nitrogen and oxygen atoms in total. The van der Waals surface area contributed by atoms with Crippen LogP contribution in [0.1, 0.15) is 10.4 Å². The van der Waals surface area contributed by atoms with Crippen LogP contribution >= 0.6 is 23.2 Å². The average Bonchev–Trinajstić information content (AvgIpc) is 3.33. The van der Waals surface area contributed by atoms with Crippen molar-refractivity contribution in [3.05, 3.63) is 113 Å². The Kier molecular flexibility index (Phi) is 6.58. The maximum absolute atomic E-state index is 12.6. The summed E-state index contributed by atoms with van der Waals surface area (Å²) in [6, 6.07) is 24.5. The molecular weight excluding hydrogens is 497 g/mol. The van der Waals surface area contributed by atoms with Crippen molar-refractivity contribution >= 4 is 57.8 Å². The van der Waals surface area contributed by atoms with Gasteiger partial charge in [0.15, 0.2) is 5.65 Å². The van der Waals surface area contributed by atoms with Crippen LogP contribution in [0, 0.1) is 0 Å². The molecule has 3 aromatic carbocycles. The van der Waals surface area contributed by atoms with E-state index in [0.717, 1.165) is 11.3 Å². The van der Waals surface area contributed by atoms with Crippen molar-refractivity contribution < 1.29 is 9.59 Å². The molecule has 0 fully saturated rings. The van der Waals surface area contributed by atoms with Crippen LogP contribution in [0.5, 0.6) is 0 Å². The smallest absolute Gasteiger partial charge is 0.319 e. The fourth-order valence-corrected chi connectivity index (χ4v) is 4.10. The van der Waals surface area contributed by atoms with E-state index >= 15 is 0 Å². The maximum atomic E-state index is 12.6. The molecule has 0 bridgehead atoms. The molecular formula is C27H19Cl2N5O2. The molecule has 0 atom stereocenters. The highest BCUT2D eigenvalue weighted by atomic mass is 35.5. The lowest BCUT2D eigenvalue weighted by molar-refractivity contribution is 0.102. The lowest BCUT2D eigenvalue weighted by atomic mass is 10.1. The number of pyridine rings is 1. The Morgan fingerprint density at radius 3 is 2.39 bits per heavy atom. The number of nitrogens with zero attached hydrogens (tertiary/aromatic N) is 2. The van der Waals surface area contributed by atoms with E-state index in [1.807, 2.05) is 53.1 Å². The number of halogens is 2. The van der Waals surface area contributed by atoms with Crippen LogP contribution in [0.25, 0.3) is 16.9 Å². The number of carbonyl (C=O) groups is 2. The number of hydrogen-bond acceptors (Lipinski definition) is 3. The Morgan fingerprint density at radius 1 is 0.778 bits per heavy atom. The second-order valence-electron chi connectivity index (χ2n) is 7.84. The Morgan fingerprint density at radius 2 is 1.56 bits per heavy atom. The van der Waals surface area contributed by atoms with Crippen molar-refractivity contribution in [2.45, 2.75) is 0 Å². The van der Waals surface area contributed by atoms with Gasteiger partial charge in [-0.2, -0.15) is 0 Å². The van der Waals surface area contributed by atoms with Gasteiger partial charge in [-0.3, -0.25) is 9.20 Å². The topological polar surface area (TPSA) is 87.5 Å². The molecule has 9 heteroatoms. The predicted octanol–water partition coefficient (Wildman–Crippen LogP) is 7.20. The first-order valence-corrected chi connectivity index (χ1v) is 11.7. The van der Waals surface area contributed by atoms with E-state index in [2.05, 4.69) is 20.9 Å². The van der Waals surface area contributed by atoms with Gasteiger partial charge in [-0.25, -0.2) is 9.78 Å². The Bertz CT molecular complexity index is 1580. The summed E-state index contributed by atoms with van der Waals surface area (Å²) in [6.45, 7) is 0. The molecule has 0 saturated carbocycles. The quantitative estimate of drug-likeness (QED) is 0.231. The molecule has 0 radical (unpaired) electrons. The first-order chi connectivity index (χ1) is 17.5. The summed E-state index contributed by atoms with van der Waals surface area (Å²) in [5.74, 6) is -0.217. The number of nitrogens with one attached hydrogen (secondary N) is 3. The van der Waals surface area contributed by atoms with Crippen LogP contribution in [0.3, 0.4) is 0 Å². The molecule has 0 aliphatic rings. The Balaban J connectivity index is 1.37. The molecule has 3 amide bonds. The SMILES string of the molecule is O=C(Nc1cccc(-c2cnc3c(NC(=O)c4ccccc4)cccn23)c1)Nc1cccc(Cl)c1Cl. The van der Waals surface area contributed by atoms with Crippen molar-refractivity contribution in [3.63, 3.8) is 0 Å². The fourth-order valence-electron chi connectivity index (χ4n) is 3.75. The molecule has 0 saturated heterocycles. The summed E-state index contributed by atoms with van der Waals surface area (Å²) in [5.41, 5.74) is 4.35. The number of aromatic nitrogens is 2. The Hall–Kier alpha value is -4.33. The monoisotopic (exact) mass is 515 g/mol. The number of benzene rings is 3. The number of anilines is 3. The van der Waals surface area contributed by atoms with Crippen molar-refractivity contribution in [3.8, 4) is 11.3 Å². The molecule has 5 aromatic rings. The molecule has 0 unspecified atom stereocenters. The highest BCUT2D eigenvalue weighted by Crippen LogP contribution is 2.30. The van der Waals surface area contributed by atoms with E-state index in [0.29, 0.717) is 33.3 Å². The van der Waals surface area contributed by atoms with E-state index in [-0.39, 0.29) is 10.9 Å². The van der Waals surface area contributed by atoms with Crippen LogP contribution in [-0.4, -0.2) is 21.3 Å². The number of urea groups is 1. The first kappa shape index (κ1) is 23.4. The highest BCUT2D eigenvalue weighted by Gasteiger charge is 2.14. The number of carbonyl (C=O) groups excluding carboxylic acids is 2. The van der Waals surface area contributed by atoms with Gasteiger partial charge in [-0.1, -0.05) is 59.6 Å². The van der Waals surface area contributed by atoms with Gasteiger partial charge < -0.3 is 16.0 Å². The summed E-state index contributed by atoms with van der Waals surface area (Å²) in [7, 11) is 0. The molecule has 3 N–H and O–H groups in total. The number of imidazole rings is 1. The minimum Gasteiger partial charge on any atom is -0.319 e. The number of fused-ring (bicyclic) bond motifs is 1. The summed E-state index contributed by atoms with van der Waals surface area (Å²) >= 11 is 12.2. The molecule has 0 aliphatic heterocycles. The summed E-state index contributed by atoms with van der Waals surface area (Å²) in [4.78, 5) is 29.7. The summed E-state index contributed by atoms with van der Waals surface area (Å²) in [5, 5.41) is 9.05. The predicted molar refractivity (Wildman–Crippen MR) is 144 cm³/mol. The van der Waals surface area contributed by atoms with E-state index < -0.39 is 6.03 Å². The fraction of sp³-hybridized carbons (Fsp3) is 0. The first-order valence-electron chi connectivity index (χ1n) is 10.9. The largest absolute Gasteiger partial charge is 0.323 e. The summed E-state index contributed by atoms with van der Waals surface area (Å²) in [6.07, 6.45) is 3.59. The van der Waals surface area contributed by atoms with Gasteiger partial charge in [0.25, 0.3) is 5.91 Å². The third-order valence-electron chi connectivity index (χ3n) is 5.44. The van der Waals surface area contributed by atoms with Gasteiger partial charge in [-0.15, -0.1) is 0 Å². The van der Waals surface area contributed by atoms with E-state index in [1.54, 1.807) is 48.7 Å². The van der Waals surface area contributed by atoms with Crippen molar-refractivity contribution in [1.29, 1.82) is 0 Å². The summed E-state index contributed by atoms with van der Waals surface area (Å²) < 4.78 is 1.88. The second kappa shape index (κ2) is 10.1. The highest BCUT2D eigenvalue weighted by molar-refractivity contribution is 6.44. The zero-order chi connectivity index (χ0) is 25.1. The van der Waals surface area contributed by atoms with Crippen LogP contribution in [0.15, 0.2) is 97.3 Å². The Labute approximate surface area is 216 Å². The number of rotatable bonds is 5. The van der Waals surface area contributed by atoms with Gasteiger partial charge in [0.2, 0.25) is 0 Å². The maximum Gasteiger partial charge on any atom is 0.323 e. The van der Waals surface area contributed by atoms with Crippen LogP contribution in [0.4, 0.5) is 21.9 Å². The third-order valence-corrected chi connectivity index (χ3v) is 6.25. The lowest BCUT2D eigenvalue weighted by Gasteiger charge is -2.11. The van der Waals surface area contributed by atoms with Crippen LogP contribution in [-0.2, 0) is 0 Å². The van der Waals surface area contributed by atoms with Gasteiger partial charge in [-0.05, 0) is 48.5 Å². The van der Waals surface area contributed by atoms with Crippen LogP contribution < -0.4 is 16.0 Å². The number of amides is 3. The van der Waals surface area contributed by atoms with Crippen molar-refractivity contribution in [2.75, 3.05) is 16.0 Å². The van der Waals surface area contributed by atoms with E-state index in [1.165, 1.54) is 0 Å². The van der Waals surface area contributed by atoms with Crippen molar-refractivity contribution in [2.24, 2.45) is 0 Å². The standard InChI is InChI=1S/C27H19Cl2N5O2/c28-20-11-5-12-21(24(20)29)33-27(36)31-19-10-4-9-18(15-19)23-16-30-25-22(13-6-14-34(23)25)32-26(35)17-7-2-1-3-8-17/h1-16H,(H,32,35)(H2,31,33,36). The molecule has 5 rings (SSSR count). The second-order valence-corrected chi connectivity index (χ2v) is 8.63. The van der Waals surface area contributed by atoms with Crippen molar-refractivity contribution in [1.82, 2.24) is 9.38 Å². The normalized spacial score (nSPS) is 10.7. The van der Waals surface area contributed by atoms with Crippen LogP contribution in [0.2, 0.25) is 10.0 Å².